The van der Waals surface area contributed by atoms with Crippen LogP contribution in [0.4, 0.5) is 5.69 Å². The molecule has 0 unspecified atom stereocenters. The molecular formula is C23H21N3O2. The fourth-order valence-corrected chi connectivity index (χ4v) is 3.55. The highest BCUT2D eigenvalue weighted by Crippen LogP contribution is 2.33. The van der Waals surface area contributed by atoms with Gasteiger partial charge in [0.15, 0.2) is 0 Å². The molecule has 2 amide bonds. The molecule has 0 saturated carbocycles. The number of nitrogens with one attached hydrogen (secondary N) is 1. The molecule has 1 aliphatic rings. The topological polar surface area (TPSA) is 62.3 Å². The SMILES string of the molecule is Cc1ccc([C@@H](CC(=O)Nc2cccnc2)N2Cc3ccccc3C2=O)cc1. The van der Waals surface area contributed by atoms with Gasteiger partial charge in [0, 0.05) is 18.3 Å². The number of rotatable bonds is 5. The quantitative estimate of drug-likeness (QED) is 0.734. The molecule has 5 nitrogen and oxygen atoms in total. The largest absolute Gasteiger partial charge is 0.327 e. The number of nitrogens with zero attached hydrogens (tertiary/aromatic N) is 2. The molecule has 0 spiro atoms. The predicted octanol–water partition coefficient (Wildman–Crippen LogP) is 4.12. The van der Waals surface area contributed by atoms with Gasteiger partial charge in [-0.3, -0.25) is 14.6 Å². The van der Waals surface area contributed by atoms with E-state index in [0.717, 1.165) is 16.7 Å². The Balaban J connectivity index is 1.61. The van der Waals surface area contributed by atoms with Crippen LogP contribution in [0.15, 0.2) is 73.1 Å². The molecule has 0 radical (unpaired) electrons. The molecule has 0 saturated heterocycles. The summed E-state index contributed by atoms with van der Waals surface area (Å²) in [5, 5.41) is 2.87. The molecule has 1 N–H and O–H groups in total. The molecule has 2 aromatic carbocycles. The van der Waals surface area contributed by atoms with Crippen LogP contribution in [0.25, 0.3) is 0 Å². The Kier molecular flexibility index (Phi) is 4.89. The fraction of sp³-hybridized carbons (Fsp3) is 0.174. The Bertz CT molecular complexity index is 1000. The summed E-state index contributed by atoms with van der Waals surface area (Å²) in [6.45, 7) is 2.53. The van der Waals surface area contributed by atoms with Crippen molar-refractivity contribution in [3.8, 4) is 0 Å². The highest BCUT2D eigenvalue weighted by Gasteiger charge is 2.34. The first-order chi connectivity index (χ1) is 13.6. The van der Waals surface area contributed by atoms with E-state index in [1.807, 2.05) is 55.5 Å². The van der Waals surface area contributed by atoms with Gasteiger partial charge in [0.05, 0.1) is 24.3 Å². The molecule has 1 aliphatic heterocycles. The van der Waals surface area contributed by atoms with E-state index in [-0.39, 0.29) is 24.3 Å². The summed E-state index contributed by atoms with van der Waals surface area (Å²) >= 11 is 0. The molecule has 2 heterocycles. The summed E-state index contributed by atoms with van der Waals surface area (Å²) in [6, 6.07) is 18.9. The summed E-state index contributed by atoms with van der Waals surface area (Å²) in [6.07, 6.45) is 3.44. The van der Waals surface area contributed by atoms with Crippen LogP contribution in [0.3, 0.4) is 0 Å². The van der Waals surface area contributed by atoms with E-state index in [0.29, 0.717) is 17.8 Å². The van der Waals surface area contributed by atoms with Crippen LogP contribution in [0, 0.1) is 6.92 Å². The van der Waals surface area contributed by atoms with Gasteiger partial charge in [0.2, 0.25) is 5.91 Å². The molecule has 5 heteroatoms. The Hall–Kier alpha value is -3.47. The second kappa shape index (κ2) is 7.64. The number of aryl methyl sites for hydroxylation is 1. The zero-order chi connectivity index (χ0) is 19.5. The standard InChI is InChI=1S/C23H21N3O2/c1-16-8-10-17(11-9-16)21(13-22(27)25-19-6-4-12-24-14-19)26-15-18-5-2-3-7-20(18)23(26)28/h2-12,14,21H,13,15H2,1H3,(H,25,27)/t21-/m1/s1. The van der Waals surface area contributed by atoms with Crippen molar-refractivity contribution in [1.29, 1.82) is 0 Å². The first-order valence-corrected chi connectivity index (χ1v) is 9.27. The number of amides is 2. The molecule has 3 aromatic rings. The molecular weight excluding hydrogens is 350 g/mol. The lowest BCUT2D eigenvalue weighted by Crippen LogP contribution is -2.32. The lowest BCUT2D eigenvalue weighted by Gasteiger charge is -2.28. The Morgan fingerprint density at radius 3 is 2.61 bits per heavy atom. The first-order valence-electron chi connectivity index (χ1n) is 9.27. The molecule has 28 heavy (non-hydrogen) atoms. The van der Waals surface area contributed by atoms with Crippen molar-refractivity contribution in [2.24, 2.45) is 0 Å². The highest BCUT2D eigenvalue weighted by molar-refractivity contribution is 5.99. The number of pyridine rings is 1. The van der Waals surface area contributed by atoms with Crippen LogP contribution < -0.4 is 5.32 Å². The number of hydrogen-bond acceptors (Lipinski definition) is 3. The number of aromatic nitrogens is 1. The first kappa shape index (κ1) is 17.9. The Labute approximate surface area is 164 Å². The second-order valence-electron chi connectivity index (χ2n) is 7.01. The van der Waals surface area contributed by atoms with E-state index in [2.05, 4.69) is 10.3 Å². The van der Waals surface area contributed by atoms with E-state index in [1.54, 1.807) is 29.4 Å². The zero-order valence-corrected chi connectivity index (χ0v) is 15.6. The van der Waals surface area contributed by atoms with Crippen LogP contribution in [0.1, 0.15) is 39.5 Å². The predicted molar refractivity (Wildman–Crippen MR) is 108 cm³/mol. The van der Waals surface area contributed by atoms with Gasteiger partial charge in [-0.05, 0) is 36.2 Å². The minimum Gasteiger partial charge on any atom is -0.327 e. The van der Waals surface area contributed by atoms with Crippen LogP contribution in [0.2, 0.25) is 0 Å². The summed E-state index contributed by atoms with van der Waals surface area (Å²) in [5.74, 6) is -0.183. The lowest BCUT2D eigenvalue weighted by atomic mass is 10.00. The number of carbonyl (C=O) groups excluding carboxylic acids is 2. The molecule has 0 bridgehead atoms. The third-order valence-corrected chi connectivity index (χ3v) is 5.01. The molecule has 0 aliphatic carbocycles. The average Bonchev–Trinajstić information content (AvgIpc) is 3.04. The van der Waals surface area contributed by atoms with Gasteiger partial charge in [-0.15, -0.1) is 0 Å². The van der Waals surface area contributed by atoms with Crippen molar-refractivity contribution in [3.05, 3.63) is 95.3 Å². The molecule has 1 atom stereocenters. The van der Waals surface area contributed by atoms with Gasteiger partial charge >= 0.3 is 0 Å². The van der Waals surface area contributed by atoms with Gasteiger partial charge in [-0.1, -0.05) is 48.0 Å². The number of hydrogen-bond donors (Lipinski definition) is 1. The summed E-state index contributed by atoms with van der Waals surface area (Å²) in [4.78, 5) is 31.5. The van der Waals surface area contributed by atoms with Crippen LogP contribution in [-0.2, 0) is 11.3 Å². The summed E-state index contributed by atoms with van der Waals surface area (Å²) in [5.41, 5.74) is 4.45. The number of carbonyl (C=O) groups is 2. The highest BCUT2D eigenvalue weighted by atomic mass is 16.2. The molecule has 140 valence electrons. The Morgan fingerprint density at radius 2 is 1.89 bits per heavy atom. The van der Waals surface area contributed by atoms with Crippen molar-refractivity contribution in [1.82, 2.24) is 9.88 Å². The van der Waals surface area contributed by atoms with Crippen LogP contribution in [-0.4, -0.2) is 21.7 Å². The van der Waals surface area contributed by atoms with Gasteiger partial charge < -0.3 is 10.2 Å². The monoisotopic (exact) mass is 371 g/mol. The van der Waals surface area contributed by atoms with E-state index in [1.165, 1.54) is 0 Å². The van der Waals surface area contributed by atoms with Crippen molar-refractivity contribution < 1.29 is 9.59 Å². The average molecular weight is 371 g/mol. The van der Waals surface area contributed by atoms with E-state index in [9.17, 15) is 9.59 Å². The van der Waals surface area contributed by atoms with E-state index >= 15 is 0 Å². The fourth-order valence-electron chi connectivity index (χ4n) is 3.55. The van der Waals surface area contributed by atoms with Gasteiger partial charge in [-0.2, -0.15) is 0 Å². The van der Waals surface area contributed by atoms with Crippen LogP contribution >= 0.6 is 0 Å². The zero-order valence-electron chi connectivity index (χ0n) is 15.6. The number of benzene rings is 2. The minimum atomic E-state index is -0.336. The van der Waals surface area contributed by atoms with E-state index < -0.39 is 0 Å². The van der Waals surface area contributed by atoms with Crippen molar-refractivity contribution in [2.75, 3.05) is 5.32 Å². The minimum absolute atomic E-state index is 0.0321. The third kappa shape index (κ3) is 3.64. The maximum Gasteiger partial charge on any atom is 0.255 e. The van der Waals surface area contributed by atoms with Crippen molar-refractivity contribution in [2.45, 2.75) is 25.9 Å². The van der Waals surface area contributed by atoms with Crippen molar-refractivity contribution in [3.63, 3.8) is 0 Å². The Morgan fingerprint density at radius 1 is 1.11 bits per heavy atom. The number of anilines is 1. The molecule has 0 fully saturated rings. The maximum atomic E-state index is 13.0. The maximum absolute atomic E-state index is 13.0. The third-order valence-electron chi connectivity index (χ3n) is 5.01. The van der Waals surface area contributed by atoms with Gasteiger partial charge in [0.25, 0.3) is 5.91 Å². The van der Waals surface area contributed by atoms with Gasteiger partial charge in [-0.25, -0.2) is 0 Å². The van der Waals surface area contributed by atoms with Crippen LogP contribution in [0.5, 0.6) is 0 Å². The second-order valence-corrected chi connectivity index (χ2v) is 7.01. The lowest BCUT2D eigenvalue weighted by molar-refractivity contribution is -0.117. The molecule has 1 aromatic heterocycles. The number of fused-ring (bicyclic) bond motifs is 1. The van der Waals surface area contributed by atoms with Crippen molar-refractivity contribution >= 4 is 17.5 Å². The summed E-state index contributed by atoms with van der Waals surface area (Å²) in [7, 11) is 0. The smallest absolute Gasteiger partial charge is 0.255 e. The normalized spacial score (nSPS) is 13.9. The summed E-state index contributed by atoms with van der Waals surface area (Å²) < 4.78 is 0. The molecule has 4 rings (SSSR count). The van der Waals surface area contributed by atoms with Gasteiger partial charge in [0.1, 0.15) is 0 Å². The van der Waals surface area contributed by atoms with E-state index in [4.69, 9.17) is 0 Å².